The molecule has 2 N–H and O–H groups in total. The third-order valence-corrected chi connectivity index (χ3v) is 3.53. The van der Waals surface area contributed by atoms with Crippen molar-refractivity contribution in [2.24, 2.45) is 4.99 Å². The Labute approximate surface area is 140 Å². The molecule has 0 aliphatic heterocycles. The van der Waals surface area contributed by atoms with Gasteiger partial charge in [-0.2, -0.15) is 0 Å². The Morgan fingerprint density at radius 2 is 2.09 bits per heavy atom. The lowest BCUT2D eigenvalue weighted by atomic mass is 10.2. The van der Waals surface area contributed by atoms with Crippen LogP contribution in [0.2, 0.25) is 0 Å². The molecule has 0 saturated heterocycles. The highest BCUT2D eigenvalue weighted by atomic mass is 79.9. The minimum absolute atomic E-state index is 0.148. The number of non-ortho nitro benzene ring substituents is 1. The molecular weight excluding hydrogens is 366 g/mol. The molecule has 0 bridgehead atoms. The van der Waals surface area contributed by atoms with E-state index in [-0.39, 0.29) is 29.5 Å². The molecule has 1 amide bonds. The fourth-order valence-electron chi connectivity index (χ4n) is 1.74. The zero-order valence-corrected chi connectivity index (χ0v) is 13.4. The first-order valence-corrected chi connectivity index (χ1v) is 7.28. The van der Waals surface area contributed by atoms with Crippen molar-refractivity contribution in [3.63, 3.8) is 0 Å². The molecular formula is C15H12BrN3O4. The fourth-order valence-corrected chi connectivity index (χ4v) is 2.12. The average molecular weight is 378 g/mol. The molecule has 2 aromatic carbocycles. The Morgan fingerprint density at radius 1 is 1.35 bits per heavy atom. The predicted molar refractivity (Wildman–Crippen MR) is 90.0 cm³/mol. The van der Waals surface area contributed by atoms with Gasteiger partial charge in [0.1, 0.15) is 12.3 Å². The summed E-state index contributed by atoms with van der Waals surface area (Å²) in [5.74, 6) is -0.497. The molecule has 0 atom stereocenters. The van der Waals surface area contributed by atoms with E-state index in [9.17, 15) is 20.0 Å². The monoisotopic (exact) mass is 377 g/mol. The van der Waals surface area contributed by atoms with E-state index < -0.39 is 4.92 Å². The highest BCUT2D eigenvalue weighted by Gasteiger charge is 2.09. The van der Waals surface area contributed by atoms with Gasteiger partial charge in [0.05, 0.1) is 10.6 Å². The largest absolute Gasteiger partial charge is 0.507 e. The number of benzene rings is 2. The van der Waals surface area contributed by atoms with Gasteiger partial charge in [-0.25, -0.2) is 0 Å². The molecule has 2 aromatic rings. The first kappa shape index (κ1) is 16.6. The van der Waals surface area contributed by atoms with E-state index >= 15 is 0 Å². The number of halogens is 1. The van der Waals surface area contributed by atoms with E-state index in [1.54, 1.807) is 18.2 Å². The second-order valence-corrected chi connectivity index (χ2v) is 5.35. The van der Waals surface area contributed by atoms with Crippen LogP contribution >= 0.6 is 15.9 Å². The summed E-state index contributed by atoms with van der Waals surface area (Å²) in [4.78, 5) is 25.8. The third kappa shape index (κ3) is 4.62. The number of phenols is 1. The second kappa shape index (κ2) is 7.50. The van der Waals surface area contributed by atoms with Crippen LogP contribution in [0.25, 0.3) is 0 Å². The van der Waals surface area contributed by atoms with Gasteiger partial charge in [-0.05, 0) is 34.1 Å². The predicted octanol–water partition coefficient (Wildman–Crippen LogP) is 3.12. The van der Waals surface area contributed by atoms with E-state index in [0.29, 0.717) is 5.69 Å². The molecule has 0 aliphatic rings. The number of para-hydroxylation sites is 1. The molecule has 7 nitrogen and oxygen atoms in total. The Balaban J connectivity index is 2.01. The van der Waals surface area contributed by atoms with Crippen LogP contribution in [-0.4, -0.2) is 28.7 Å². The van der Waals surface area contributed by atoms with Gasteiger partial charge in [0.15, 0.2) is 0 Å². The highest BCUT2D eigenvalue weighted by molar-refractivity contribution is 9.10. The lowest BCUT2D eigenvalue weighted by Crippen LogP contribution is -2.15. The van der Waals surface area contributed by atoms with Crippen molar-refractivity contribution in [2.75, 3.05) is 11.9 Å². The number of rotatable bonds is 5. The van der Waals surface area contributed by atoms with Crippen LogP contribution in [0.15, 0.2) is 51.9 Å². The number of nitrogens with zero attached hydrogens (tertiary/aromatic N) is 2. The van der Waals surface area contributed by atoms with Crippen molar-refractivity contribution in [1.82, 2.24) is 0 Å². The molecule has 0 spiro atoms. The fraction of sp³-hybridized carbons (Fsp3) is 0.0667. The van der Waals surface area contributed by atoms with Gasteiger partial charge in [-0.1, -0.05) is 12.1 Å². The lowest BCUT2D eigenvalue weighted by Gasteiger charge is -2.05. The standard InChI is InChI=1S/C15H12BrN3O4/c16-12-3-1-2-4-13(12)18-15(21)9-17-8-10-7-11(19(22)23)5-6-14(10)20/h1-8,20H,9H2,(H,18,21). The van der Waals surface area contributed by atoms with Crippen molar-refractivity contribution in [2.45, 2.75) is 0 Å². The van der Waals surface area contributed by atoms with Crippen molar-refractivity contribution in [1.29, 1.82) is 0 Å². The average Bonchev–Trinajstić information content (AvgIpc) is 2.51. The number of amides is 1. The highest BCUT2D eigenvalue weighted by Crippen LogP contribution is 2.22. The van der Waals surface area contributed by atoms with E-state index in [1.165, 1.54) is 24.4 Å². The topological polar surface area (TPSA) is 105 Å². The number of nitro benzene ring substituents is 1. The third-order valence-electron chi connectivity index (χ3n) is 2.84. The number of hydrogen-bond acceptors (Lipinski definition) is 5. The first-order chi connectivity index (χ1) is 11.0. The molecule has 23 heavy (non-hydrogen) atoms. The zero-order chi connectivity index (χ0) is 16.8. The molecule has 0 aromatic heterocycles. The summed E-state index contributed by atoms with van der Waals surface area (Å²) < 4.78 is 0.744. The summed E-state index contributed by atoms with van der Waals surface area (Å²) in [5, 5.41) is 23.0. The number of anilines is 1. The maximum Gasteiger partial charge on any atom is 0.270 e. The second-order valence-electron chi connectivity index (χ2n) is 4.50. The summed E-state index contributed by atoms with van der Waals surface area (Å²) >= 11 is 3.31. The van der Waals surface area contributed by atoms with Gasteiger partial charge in [-0.15, -0.1) is 0 Å². The number of carbonyl (C=O) groups excluding carboxylic acids is 1. The van der Waals surface area contributed by atoms with Gasteiger partial charge in [0.25, 0.3) is 5.69 Å². The Morgan fingerprint density at radius 3 is 2.78 bits per heavy atom. The Bertz CT molecular complexity index is 777. The van der Waals surface area contributed by atoms with Crippen LogP contribution in [-0.2, 0) is 4.79 Å². The summed E-state index contributed by atoms with van der Waals surface area (Å²) in [5.41, 5.74) is 0.626. The van der Waals surface area contributed by atoms with Crippen molar-refractivity contribution >= 4 is 39.4 Å². The molecule has 0 radical (unpaired) electrons. The molecule has 0 heterocycles. The molecule has 118 valence electrons. The Kier molecular flexibility index (Phi) is 5.42. The summed E-state index contributed by atoms with van der Waals surface area (Å²) in [6.07, 6.45) is 1.22. The number of hydrogen-bond donors (Lipinski definition) is 2. The van der Waals surface area contributed by atoms with Crippen molar-refractivity contribution in [3.8, 4) is 5.75 Å². The zero-order valence-electron chi connectivity index (χ0n) is 11.8. The van der Waals surface area contributed by atoms with Crippen LogP contribution in [0, 0.1) is 10.1 Å². The van der Waals surface area contributed by atoms with Gasteiger partial charge in [-0.3, -0.25) is 19.9 Å². The minimum Gasteiger partial charge on any atom is -0.507 e. The maximum absolute atomic E-state index is 11.8. The molecule has 0 aliphatic carbocycles. The number of phenolic OH excluding ortho intramolecular Hbond substituents is 1. The van der Waals surface area contributed by atoms with Crippen LogP contribution < -0.4 is 5.32 Å². The van der Waals surface area contributed by atoms with Crippen molar-refractivity contribution in [3.05, 3.63) is 62.6 Å². The quantitative estimate of drug-likeness (QED) is 0.474. The summed E-state index contributed by atoms with van der Waals surface area (Å²) in [6, 6.07) is 10.7. The Hall–Kier alpha value is -2.74. The van der Waals surface area contributed by atoms with E-state index in [4.69, 9.17) is 0 Å². The summed E-state index contributed by atoms with van der Waals surface area (Å²) in [6.45, 7) is -0.177. The number of nitro groups is 1. The number of aromatic hydroxyl groups is 1. The van der Waals surface area contributed by atoms with Crippen LogP contribution in [0.1, 0.15) is 5.56 Å². The van der Waals surface area contributed by atoms with Crippen LogP contribution in [0.3, 0.4) is 0 Å². The van der Waals surface area contributed by atoms with Gasteiger partial charge in [0, 0.05) is 28.4 Å². The number of carbonyl (C=O) groups is 1. The first-order valence-electron chi connectivity index (χ1n) is 6.49. The number of aliphatic imine (C=N–C) groups is 1. The van der Waals surface area contributed by atoms with E-state index in [2.05, 4.69) is 26.2 Å². The van der Waals surface area contributed by atoms with Gasteiger partial charge < -0.3 is 10.4 Å². The lowest BCUT2D eigenvalue weighted by molar-refractivity contribution is -0.384. The smallest absolute Gasteiger partial charge is 0.270 e. The van der Waals surface area contributed by atoms with E-state index in [0.717, 1.165) is 4.47 Å². The summed E-state index contributed by atoms with van der Waals surface area (Å²) in [7, 11) is 0. The van der Waals surface area contributed by atoms with Gasteiger partial charge >= 0.3 is 0 Å². The SMILES string of the molecule is O=C(CN=Cc1cc([N+](=O)[O-])ccc1O)Nc1ccccc1Br. The van der Waals surface area contributed by atoms with Crippen LogP contribution in [0.4, 0.5) is 11.4 Å². The van der Waals surface area contributed by atoms with E-state index in [1.807, 2.05) is 6.07 Å². The van der Waals surface area contributed by atoms with Gasteiger partial charge in [0.2, 0.25) is 5.91 Å². The molecule has 2 rings (SSSR count). The van der Waals surface area contributed by atoms with Crippen molar-refractivity contribution < 1.29 is 14.8 Å². The minimum atomic E-state index is -0.573. The molecule has 0 fully saturated rings. The van der Waals surface area contributed by atoms with Crippen LogP contribution in [0.5, 0.6) is 5.75 Å². The normalized spacial score (nSPS) is 10.7. The molecule has 0 unspecified atom stereocenters. The number of nitrogens with one attached hydrogen (secondary N) is 1. The molecule has 8 heteroatoms. The molecule has 0 saturated carbocycles. The maximum atomic E-state index is 11.8.